The van der Waals surface area contributed by atoms with Crippen LogP contribution >= 0.6 is 0 Å². The molecule has 0 bridgehead atoms. The highest BCUT2D eigenvalue weighted by atomic mass is 16.2. The predicted molar refractivity (Wildman–Crippen MR) is 139 cm³/mol. The zero-order valence-electron chi connectivity index (χ0n) is 21.7. The van der Waals surface area contributed by atoms with E-state index in [0.717, 1.165) is 63.3 Å². The van der Waals surface area contributed by atoms with Crippen molar-refractivity contribution in [2.75, 3.05) is 50.7 Å². The number of unbranched alkanes of at least 4 members (excludes halogenated alkanes) is 1. The number of carbonyl (C=O) groups excluding carboxylic acids is 5. The van der Waals surface area contributed by atoms with Gasteiger partial charge in [-0.25, -0.2) is 0 Å². The summed E-state index contributed by atoms with van der Waals surface area (Å²) in [5.41, 5.74) is 7.28. The minimum atomic E-state index is -0.968. The molecule has 0 aliphatic carbocycles. The molecule has 0 aromatic heterocycles. The van der Waals surface area contributed by atoms with Crippen LogP contribution in [0.1, 0.15) is 65.7 Å². The average Bonchev–Trinajstić information content (AvgIpc) is 3.17. The predicted octanol–water partition coefficient (Wildman–Crippen LogP) is 0.330. The maximum atomic E-state index is 13.4. The van der Waals surface area contributed by atoms with Crippen LogP contribution < -0.4 is 16.0 Å². The number of imide groups is 2. The first-order valence-corrected chi connectivity index (χ1v) is 13.7. The minimum absolute atomic E-state index is 0.0970. The van der Waals surface area contributed by atoms with Crippen molar-refractivity contribution < 1.29 is 24.0 Å². The average molecular weight is 525 g/mol. The molecular weight excluding hydrogens is 488 g/mol. The Morgan fingerprint density at radius 1 is 0.921 bits per heavy atom. The van der Waals surface area contributed by atoms with Crippen LogP contribution in [-0.4, -0.2) is 102 Å². The monoisotopic (exact) mass is 524 g/mol. The van der Waals surface area contributed by atoms with Crippen molar-refractivity contribution in [3.05, 3.63) is 29.3 Å². The van der Waals surface area contributed by atoms with Gasteiger partial charge < -0.3 is 15.5 Å². The topological polar surface area (TPSA) is 136 Å². The molecule has 38 heavy (non-hydrogen) atoms. The molecule has 4 aliphatic rings. The lowest BCUT2D eigenvalue weighted by Gasteiger charge is -2.37. The summed E-state index contributed by atoms with van der Waals surface area (Å²) in [6.45, 7) is 5.52. The van der Waals surface area contributed by atoms with E-state index in [-0.39, 0.29) is 30.7 Å². The van der Waals surface area contributed by atoms with E-state index in [2.05, 4.69) is 15.1 Å². The number of hydrogen-bond acceptors (Lipinski definition) is 8. The van der Waals surface area contributed by atoms with Crippen LogP contribution in [0, 0.1) is 0 Å². The molecular formula is C27H36N6O5. The summed E-state index contributed by atoms with van der Waals surface area (Å²) in [5.74, 6) is -1.72. The zero-order chi connectivity index (χ0) is 26.8. The van der Waals surface area contributed by atoms with E-state index < -0.39 is 23.8 Å². The molecule has 1 atom stereocenters. The molecule has 11 nitrogen and oxygen atoms in total. The quantitative estimate of drug-likeness (QED) is 0.385. The van der Waals surface area contributed by atoms with E-state index in [1.807, 2.05) is 11.0 Å². The van der Waals surface area contributed by atoms with E-state index in [4.69, 9.17) is 5.73 Å². The number of carbonyl (C=O) groups is 5. The lowest BCUT2D eigenvalue weighted by Crippen LogP contribution is -2.54. The molecule has 3 N–H and O–H groups in total. The number of nitrogens with zero attached hydrogens (tertiary/aromatic N) is 4. The molecule has 204 valence electrons. The van der Waals surface area contributed by atoms with E-state index in [9.17, 15) is 24.0 Å². The summed E-state index contributed by atoms with van der Waals surface area (Å²) in [4.78, 5) is 70.3. The van der Waals surface area contributed by atoms with Crippen LogP contribution in [0.4, 0.5) is 5.69 Å². The number of benzene rings is 1. The second kappa shape index (κ2) is 11.2. The van der Waals surface area contributed by atoms with Gasteiger partial charge in [0.1, 0.15) is 6.04 Å². The lowest BCUT2D eigenvalue weighted by atomic mass is 10.0. The van der Waals surface area contributed by atoms with Crippen molar-refractivity contribution in [3.63, 3.8) is 0 Å². The van der Waals surface area contributed by atoms with Gasteiger partial charge >= 0.3 is 0 Å². The Morgan fingerprint density at radius 3 is 2.37 bits per heavy atom. The number of likely N-dealkylation sites (tertiary alicyclic amines) is 1. The summed E-state index contributed by atoms with van der Waals surface area (Å²) in [5, 5.41) is 2.24. The van der Waals surface area contributed by atoms with Gasteiger partial charge in [-0.3, -0.25) is 39.1 Å². The molecule has 1 unspecified atom stereocenters. The van der Waals surface area contributed by atoms with E-state index in [1.54, 1.807) is 12.1 Å². The number of nitrogens with one attached hydrogen (secondary N) is 1. The Balaban J connectivity index is 1.13. The van der Waals surface area contributed by atoms with Gasteiger partial charge in [0.2, 0.25) is 17.7 Å². The fraction of sp³-hybridized carbons (Fsp3) is 0.593. The first kappa shape index (κ1) is 26.3. The SMILES string of the molecule is NC1CCN(C(=O)CCCCN2CCN(c3cccc4c3C(=O)N(C3CCC(=O)NC3=O)C4=O)CC2)CC1. The Hall–Kier alpha value is -3.31. The lowest BCUT2D eigenvalue weighted by molar-refractivity contribution is -0.136. The smallest absolute Gasteiger partial charge is 0.264 e. The molecule has 1 aromatic rings. The normalized spacial score (nSPS) is 23.2. The highest BCUT2D eigenvalue weighted by Crippen LogP contribution is 2.34. The van der Waals surface area contributed by atoms with Crippen molar-refractivity contribution >= 4 is 35.2 Å². The third-order valence-corrected chi connectivity index (χ3v) is 8.17. The summed E-state index contributed by atoms with van der Waals surface area (Å²) in [7, 11) is 0. The van der Waals surface area contributed by atoms with Gasteiger partial charge in [0, 0.05) is 58.2 Å². The van der Waals surface area contributed by atoms with Crippen molar-refractivity contribution in [2.45, 2.75) is 57.0 Å². The molecule has 0 spiro atoms. The summed E-state index contributed by atoms with van der Waals surface area (Å²) >= 11 is 0. The minimum Gasteiger partial charge on any atom is -0.368 e. The number of piperazine rings is 1. The maximum absolute atomic E-state index is 13.4. The molecule has 0 saturated carbocycles. The third-order valence-electron chi connectivity index (χ3n) is 8.17. The maximum Gasteiger partial charge on any atom is 0.264 e. The number of hydrogen-bond donors (Lipinski definition) is 2. The van der Waals surface area contributed by atoms with Gasteiger partial charge in [-0.05, 0) is 50.8 Å². The summed E-state index contributed by atoms with van der Waals surface area (Å²) < 4.78 is 0. The number of rotatable bonds is 7. The second-order valence-corrected chi connectivity index (χ2v) is 10.7. The fourth-order valence-corrected chi connectivity index (χ4v) is 5.89. The van der Waals surface area contributed by atoms with Gasteiger partial charge in [-0.2, -0.15) is 0 Å². The van der Waals surface area contributed by atoms with Crippen LogP contribution in [0.25, 0.3) is 0 Å². The van der Waals surface area contributed by atoms with Crippen LogP contribution in [0.15, 0.2) is 18.2 Å². The number of piperidine rings is 2. The summed E-state index contributed by atoms with van der Waals surface area (Å²) in [6, 6.07) is 4.50. The highest BCUT2D eigenvalue weighted by molar-refractivity contribution is 6.25. The molecule has 5 rings (SSSR count). The number of amides is 5. The number of fused-ring (bicyclic) bond motifs is 1. The van der Waals surface area contributed by atoms with Crippen LogP contribution in [0.5, 0.6) is 0 Å². The van der Waals surface area contributed by atoms with E-state index >= 15 is 0 Å². The van der Waals surface area contributed by atoms with Crippen LogP contribution in [0.3, 0.4) is 0 Å². The van der Waals surface area contributed by atoms with Crippen molar-refractivity contribution in [2.24, 2.45) is 5.73 Å². The molecule has 1 aromatic carbocycles. The van der Waals surface area contributed by atoms with Crippen LogP contribution in [-0.2, 0) is 14.4 Å². The van der Waals surface area contributed by atoms with Gasteiger partial charge in [-0.1, -0.05) is 6.07 Å². The number of anilines is 1. The second-order valence-electron chi connectivity index (χ2n) is 10.7. The Bertz CT molecular complexity index is 1120. The molecule has 0 radical (unpaired) electrons. The van der Waals surface area contributed by atoms with Gasteiger partial charge in [0.15, 0.2) is 0 Å². The molecule has 5 amide bonds. The molecule has 11 heteroatoms. The fourth-order valence-electron chi connectivity index (χ4n) is 5.89. The van der Waals surface area contributed by atoms with Gasteiger partial charge in [-0.15, -0.1) is 0 Å². The summed E-state index contributed by atoms with van der Waals surface area (Å²) in [6.07, 6.45) is 4.39. The highest BCUT2D eigenvalue weighted by Gasteiger charge is 2.46. The number of nitrogens with two attached hydrogens (primary N) is 1. The molecule has 4 aliphatic heterocycles. The molecule has 3 fully saturated rings. The standard InChI is InChI=1S/C27H36N6O5/c28-18-9-12-32(13-10-18)23(35)6-1-2-11-30-14-16-31(17-15-30)20-5-3-4-19-24(20)27(38)33(26(19)37)21-7-8-22(34)29-25(21)36/h3-5,18,21H,1-2,6-17,28H2,(H,29,34,36). The molecule has 3 saturated heterocycles. The van der Waals surface area contributed by atoms with Crippen molar-refractivity contribution in [1.82, 2.24) is 20.0 Å². The van der Waals surface area contributed by atoms with E-state index in [1.165, 1.54) is 0 Å². The third kappa shape index (κ3) is 5.30. The Morgan fingerprint density at radius 2 is 1.66 bits per heavy atom. The first-order chi connectivity index (χ1) is 18.3. The van der Waals surface area contributed by atoms with E-state index in [0.29, 0.717) is 36.3 Å². The van der Waals surface area contributed by atoms with Crippen molar-refractivity contribution in [3.8, 4) is 0 Å². The van der Waals surface area contributed by atoms with Gasteiger partial charge in [0.05, 0.1) is 16.8 Å². The molecule has 4 heterocycles. The van der Waals surface area contributed by atoms with Crippen LogP contribution in [0.2, 0.25) is 0 Å². The van der Waals surface area contributed by atoms with Gasteiger partial charge in [0.25, 0.3) is 11.8 Å². The zero-order valence-corrected chi connectivity index (χ0v) is 21.7. The van der Waals surface area contributed by atoms with Crippen molar-refractivity contribution in [1.29, 1.82) is 0 Å². The largest absolute Gasteiger partial charge is 0.368 e. The Kier molecular flexibility index (Phi) is 7.75. The Labute approximate surface area is 222 Å². The first-order valence-electron chi connectivity index (χ1n) is 13.7.